The number of rotatable bonds is 5. The molecular weight excluding hydrogens is 450 g/mol. The van der Waals surface area contributed by atoms with Gasteiger partial charge in [-0.25, -0.2) is 9.59 Å². The molecule has 154 valence electrons. The fourth-order valence-electron chi connectivity index (χ4n) is 2.95. The minimum atomic E-state index is -0.652. The second kappa shape index (κ2) is 9.45. The monoisotopic (exact) mass is 469 g/mol. The Hall–Kier alpha value is -3.32. The van der Waals surface area contributed by atoms with Gasteiger partial charge in [-0.2, -0.15) is 0 Å². The number of halogens is 1. The van der Waals surface area contributed by atoms with Gasteiger partial charge in [-0.05, 0) is 67.1 Å². The lowest BCUT2D eigenvalue weighted by atomic mass is 10.1. The Labute approximate surface area is 183 Å². The van der Waals surface area contributed by atoms with E-state index in [0.717, 1.165) is 10.0 Å². The van der Waals surface area contributed by atoms with Crippen molar-refractivity contribution < 1.29 is 23.8 Å². The average molecular weight is 470 g/mol. The van der Waals surface area contributed by atoms with Crippen molar-refractivity contribution in [1.82, 2.24) is 0 Å². The summed E-state index contributed by atoms with van der Waals surface area (Å²) in [5, 5.41) is 0. The SMILES string of the molecule is COC(=O)C1=C(C(=O)OC)N(c2ccc(Oc3ccc(Br)cc3)cc2C)C=CC=C1. The molecule has 0 radical (unpaired) electrons. The molecule has 0 N–H and O–H groups in total. The molecular formula is C23H20BrNO5. The molecule has 0 atom stereocenters. The largest absolute Gasteiger partial charge is 0.465 e. The van der Waals surface area contributed by atoms with Crippen LogP contribution in [0.5, 0.6) is 11.5 Å². The molecule has 30 heavy (non-hydrogen) atoms. The van der Waals surface area contributed by atoms with Crippen molar-refractivity contribution in [3.63, 3.8) is 0 Å². The Bertz CT molecular complexity index is 1050. The van der Waals surface area contributed by atoms with Crippen LogP contribution < -0.4 is 9.64 Å². The first kappa shape index (κ1) is 21.4. The summed E-state index contributed by atoms with van der Waals surface area (Å²) in [6.07, 6.45) is 6.60. The van der Waals surface area contributed by atoms with Gasteiger partial charge in [0.15, 0.2) is 0 Å². The Morgan fingerprint density at radius 1 is 0.900 bits per heavy atom. The fourth-order valence-corrected chi connectivity index (χ4v) is 3.22. The molecule has 2 aromatic carbocycles. The second-order valence-corrected chi connectivity index (χ2v) is 7.24. The molecule has 7 heteroatoms. The summed E-state index contributed by atoms with van der Waals surface area (Å²) in [7, 11) is 2.53. The van der Waals surface area contributed by atoms with Crippen LogP contribution in [0.15, 0.2) is 82.6 Å². The molecule has 0 amide bonds. The first-order chi connectivity index (χ1) is 14.4. The molecule has 0 bridgehead atoms. The summed E-state index contributed by atoms with van der Waals surface area (Å²) in [6.45, 7) is 1.89. The zero-order chi connectivity index (χ0) is 21.7. The molecule has 1 aliphatic heterocycles. The maximum Gasteiger partial charge on any atom is 0.355 e. The van der Waals surface area contributed by atoms with Crippen LogP contribution in [-0.4, -0.2) is 26.2 Å². The summed E-state index contributed by atoms with van der Waals surface area (Å²) in [4.78, 5) is 26.4. The quantitative estimate of drug-likeness (QED) is 0.571. The van der Waals surface area contributed by atoms with Gasteiger partial charge in [-0.1, -0.05) is 22.0 Å². The summed E-state index contributed by atoms with van der Waals surface area (Å²) >= 11 is 3.40. The summed E-state index contributed by atoms with van der Waals surface area (Å²) in [5.74, 6) is 0.0639. The van der Waals surface area contributed by atoms with Crippen molar-refractivity contribution in [2.75, 3.05) is 19.1 Å². The third-order valence-corrected chi connectivity index (χ3v) is 4.90. The van der Waals surface area contributed by atoms with Crippen LogP contribution in [-0.2, 0) is 19.1 Å². The number of ether oxygens (including phenoxy) is 3. The van der Waals surface area contributed by atoms with Crippen molar-refractivity contribution in [3.05, 3.63) is 88.2 Å². The Morgan fingerprint density at radius 3 is 2.20 bits per heavy atom. The van der Waals surface area contributed by atoms with Crippen molar-refractivity contribution in [1.29, 1.82) is 0 Å². The predicted molar refractivity (Wildman–Crippen MR) is 117 cm³/mol. The van der Waals surface area contributed by atoms with Crippen LogP contribution >= 0.6 is 15.9 Å². The number of esters is 2. The van der Waals surface area contributed by atoms with Gasteiger partial charge < -0.3 is 19.1 Å². The van der Waals surface area contributed by atoms with Gasteiger partial charge in [-0.15, -0.1) is 0 Å². The molecule has 0 saturated heterocycles. The highest BCUT2D eigenvalue weighted by Gasteiger charge is 2.28. The van der Waals surface area contributed by atoms with E-state index in [-0.39, 0.29) is 11.3 Å². The number of hydrogen-bond donors (Lipinski definition) is 0. The molecule has 0 saturated carbocycles. The van der Waals surface area contributed by atoms with Crippen LogP contribution in [0.2, 0.25) is 0 Å². The van der Waals surface area contributed by atoms with Gasteiger partial charge in [-0.3, -0.25) is 0 Å². The van der Waals surface area contributed by atoms with E-state index in [0.29, 0.717) is 17.2 Å². The van der Waals surface area contributed by atoms with Crippen molar-refractivity contribution in [2.45, 2.75) is 6.92 Å². The number of benzene rings is 2. The second-order valence-electron chi connectivity index (χ2n) is 6.32. The highest BCUT2D eigenvalue weighted by atomic mass is 79.9. The lowest BCUT2D eigenvalue weighted by Gasteiger charge is -2.25. The van der Waals surface area contributed by atoms with Crippen LogP contribution in [0.1, 0.15) is 5.56 Å². The normalized spacial score (nSPS) is 13.1. The maximum atomic E-state index is 12.6. The molecule has 0 fully saturated rings. The molecule has 0 aliphatic carbocycles. The number of anilines is 1. The number of hydrogen-bond acceptors (Lipinski definition) is 6. The molecule has 0 aromatic heterocycles. The lowest BCUT2D eigenvalue weighted by molar-refractivity contribution is -0.139. The molecule has 0 unspecified atom stereocenters. The van der Waals surface area contributed by atoms with Crippen LogP contribution in [0.25, 0.3) is 0 Å². The topological polar surface area (TPSA) is 65.1 Å². The number of allylic oxidation sites excluding steroid dienone is 2. The number of methoxy groups -OCH3 is 2. The van der Waals surface area contributed by atoms with Gasteiger partial charge >= 0.3 is 11.9 Å². The summed E-state index contributed by atoms with van der Waals surface area (Å²) in [6, 6.07) is 13.0. The van der Waals surface area contributed by atoms with E-state index in [9.17, 15) is 9.59 Å². The number of aryl methyl sites for hydroxylation is 1. The highest BCUT2D eigenvalue weighted by molar-refractivity contribution is 9.10. The molecule has 0 spiro atoms. The standard InChI is InChI=1S/C23H20BrNO5/c1-15-14-18(30-17-9-7-16(24)8-10-17)11-12-20(15)25-13-5-4-6-19(22(26)28-2)21(25)23(27)29-3/h4-14H,1-3H3. The molecule has 6 nitrogen and oxygen atoms in total. The van der Waals surface area contributed by atoms with Crippen LogP contribution in [0.4, 0.5) is 5.69 Å². The van der Waals surface area contributed by atoms with Crippen LogP contribution in [0, 0.1) is 6.92 Å². The third-order valence-electron chi connectivity index (χ3n) is 4.37. The lowest BCUT2D eigenvalue weighted by Crippen LogP contribution is -2.27. The van der Waals surface area contributed by atoms with Gasteiger partial charge in [0, 0.05) is 16.4 Å². The van der Waals surface area contributed by atoms with E-state index in [2.05, 4.69) is 15.9 Å². The zero-order valence-electron chi connectivity index (χ0n) is 16.7. The average Bonchev–Trinajstić information content (AvgIpc) is 2.97. The number of carbonyl (C=O) groups excluding carboxylic acids is 2. The summed E-state index contributed by atoms with van der Waals surface area (Å²) < 4.78 is 16.6. The first-order valence-electron chi connectivity index (χ1n) is 9.03. The Morgan fingerprint density at radius 2 is 1.57 bits per heavy atom. The number of carbonyl (C=O) groups is 2. The van der Waals surface area contributed by atoms with Gasteiger partial charge in [0.2, 0.25) is 0 Å². The van der Waals surface area contributed by atoms with Crippen molar-refractivity contribution >= 4 is 33.6 Å². The molecule has 1 heterocycles. The number of nitrogens with zero attached hydrogens (tertiary/aromatic N) is 1. The molecule has 1 aliphatic rings. The van der Waals surface area contributed by atoms with E-state index in [1.807, 2.05) is 43.3 Å². The zero-order valence-corrected chi connectivity index (χ0v) is 18.3. The maximum absolute atomic E-state index is 12.6. The van der Waals surface area contributed by atoms with E-state index in [4.69, 9.17) is 14.2 Å². The fraction of sp³-hybridized carbons (Fsp3) is 0.130. The van der Waals surface area contributed by atoms with Gasteiger partial charge in [0.05, 0.1) is 19.8 Å². The first-order valence-corrected chi connectivity index (χ1v) is 9.83. The summed E-state index contributed by atoms with van der Waals surface area (Å²) in [5.41, 5.74) is 1.70. The van der Waals surface area contributed by atoms with Crippen LogP contribution in [0.3, 0.4) is 0 Å². The van der Waals surface area contributed by atoms with Gasteiger partial charge in [0.25, 0.3) is 0 Å². The Kier molecular flexibility index (Phi) is 6.74. The minimum Gasteiger partial charge on any atom is -0.465 e. The molecule has 3 rings (SSSR count). The highest BCUT2D eigenvalue weighted by Crippen LogP contribution is 2.33. The van der Waals surface area contributed by atoms with E-state index in [1.165, 1.54) is 20.3 Å². The minimum absolute atomic E-state index is 0.0685. The third kappa shape index (κ3) is 4.63. The van der Waals surface area contributed by atoms with E-state index >= 15 is 0 Å². The Balaban J connectivity index is 2.01. The van der Waals surface area contributed by atoms with Crippen molar-refractivity contribution in [2.24, 2.45) is 0 Å². The predicted octanol–water partition coefficient (Wildman–Crippen LogP) is 5.04. The smallest absolute Gasteiger partial charge is 0.355 e. The van der Waals surface area contributed by atoms with Gasteiger partial charge in [0.1, 0.15) is 17.2 Å². The molecule has 2 aromatic rings. The van der Waals surface area contributed by atoms with Crippen molar-refractivity contribution in [3.8, 4) is 11.5 Å². The van der Waals surface area contributed by atoms with E-state index in [1.54, 1.807) is 29.3 Å². The van der Waals surface area contributed by atoms with E-state index < -0.39 is 11.9 Å².